The monoisotopic (exact) mass is 289 g/mol. The Balaban J connectivity index is 1.92. The summed E-state index contributed by atoms with van der Waals surface area (Å²) in [4.78, 5) is 4.52. The summed E-state index contributed by atoms with van der Waals surface area (Å²) in [5, 5.41) is 4.13. The lowest BCUT2D eigenvalue weighted by Gasteiger charge is -2.33. The van der Waals surface area contributed by atoms with Crippen molar-refractivity contribution < 1.29 is 14.0 Å². The molecule has 0 unspecified atom stereocenters. The number of hydrogen-bond donors (Lipinski definition) is 1. The molecule has 6 heteroatoms. The van der Waals surface area contributed by atoms with Gasteiger partial charge >= 0.3 is 0 Å². The van der Waals surface area contributed by atoms with Crippen molar-refractivity contribution in [3.05, 3.63) is 30.1 Å². The number of nitrogens with zero attached hydrogens (tertiary/aromatic N) is 2. The molecule has 2 heterocycles. The van der Waals surface area contributed by atoms with Crippen LogP contribution in [-0.2, 0) is 15.1 Å². The maximum atomic E-state index is 5.94. The van der Waals surface area contributed by atoms with Crippen LogP contribution in [0.5, 0.6) is 0 Å². The predicted molar refractivity (Wildman–Crippen MR) is 77.5 cm³/mol. The minimum Gasteiger partial charge on any atom is -0.399 e. The number of ether oxygens (including phenoxy) is 2. The van der Waals surface area contributed by atoms with Crippen molar-refractivity contribution in [1.29, 1.82) is 0 Å². The molecule has 0 atom stereocenters. The molecule has 1 aromatic carbocycles. The Morgan fingerprint density at radius 2 is 2.14 bits per heavy atom. The van der Waals surface area contributed by atoms with Gasteiger partial charge in [-0.25, -0.2) is 0 Å². The Labute approximate surface area is 123 Å². The maximum Gasteiger partial charge on any atom is 0.258 e. The van der Waals surface area contributed by atoms with Crippen molar-refractivity contribution in [3.8, 4) is 11.5 Å². The second kappa shape index (κ2) is 5.83. The summed E-state index contributed by atoms with van der Waals surface area (Å²) in [5.74, 6) is 1.05. The van der Waals surface area contributed by atoms with Gasteiger partial charge in [-0.15, -0.1) is 0 Å². The van der Waals surface area contributed by atoms with Crippen LogP contribution in [0.3, 0.4) is 0 Å². The Bertz CT molecular complexity index is 600. The standard InChI is InChI=1S/C15H19N3O3/c1-2-20-15(6-8-19-9-7-15)14-17-13(21-18-14)11-4-3-5-12(16)10-11/h3-5,10H,2,6-9,16H2,1H3. The van der Waals surface area contributed by atoms with Gasteiger partial charge in [-0.1, -0.05) is 11.2 Å². The molecule has 0 saturated carbocycles. The Morgan fingerprint density at radius 1 is 1.33 bits per heavy atom. The predicted octanol–water partition coefficient (Wildman–Crippen LogP) is 2.36. The van der Waals surface area contributed by atoms with Crippen molar-refractivity contribution in [1.82, 2.24) is 10.1 Å². The third-order valence-corrected chi connectivity index (χ3v) is 3.69. The topological polar surface area (TPSA) is 83.4 Å². The van der Waals surface area contributed by atoms with E-state index >= 15 is 0 Å². The lowest BCUT2D eigenvalue weighted by atomic mass is 9.93. The SMILES string of the molecule is CCOC1(c2noc(-c3cccc(N)c3)n2)CCOCC1. The van der Waals surface area contributed by atoms with Gasteiger partial charge in [-0.3, -0.25) is 0 Å². The highest BCUT2D eigenvalue weighted by Crippen LogP contribution is 2.35. The van der Waals surface area contributed by atoms with Crippen molar-refractivity contribution >= 4 is 5.69 Å². The normalized spacial score (nSPS) is 17.8. The van der Waals surface area contributed by atoms with Gasteiger partial charge in [0.15, 0.2) is 0 Å². The zero-order valence-electron chi connectivity index (χ0n) is 12.0. The minimum atomic E-state index is -0.505. The molecule has 1 aromatic heterocycles. The maximum absolute atomic E-state index is 5.94. The number of aromatic nitrogens is 2. The zero-order valence-corrected chi connectivity index (χ0v) is 12.0. The van der Waals surface area contributed by atoms with Crippen LogP contribution < -0.4 is 5.73 Å². The number of nitrogen functional groups attached to an aromatic ring is 1. The van der Waals surface area contributed by atoms with Gasteiger partial charge in [0.05, 0.1) is 0 Å². The minimum absolute atomic E-state index is 0.461. The number of hydrogen-bond acceptors (Lipinski definition) is 6. The van der Waals surface area contributed by atoms with Crippen molar-refractivity contribution in [3.63, 3.8) is 0 Å². The lowest BCUT2D eigenvalue weighted by molar-refractivity contribution is -0.118. The summed E-state index contributed by atoms with van der Waals surface area (Å²) in [6.07, 6.45) is 1.47. The van der Waals surface area contributed by atoms with E-state index in [4.69, 9.17) is 19.7 Å². The van der Waals surface area contributed by atoms with Crippen LogP contribution in [-0.4, -0.2) is 30.0 Å². The van der Waals surface area contributed by atoms with Crippen molar-refractivity contribution in [2.24, 2.45) is 0 Å². The molecule has 1 aliphatic heterocycles. The van der Waals surface area contributed by atoms with E-state index in [1.54, 1.807) is 0 Å². The van der Waals surface area contributed by atoms with E-state index in [0.29, 0.717) is 37.2 Å². The number of benzene rings is 1. The van der Waals surface area contributed by atoms with Gasteiger partial charge in [-0.05, 0) is 25.1 Å². The summed E-state index contributed by atoms with van der Waals surface area (Å²) < 4.78 is 16.7. The first-order chi connectivity index (χ1) is 10.2. The highest BCUT2D eigenvalue weighted by atomic mass is 16.5. The summed E-state index contributed by atoms with van der Waals surface area (Å²) in [6.45, 7) is 3.85. The quantitative estimate of drug-likeness (QED) is 0.870. The van der Waals surface area contributed by atoms with Crippen LogP contribution in [0, 0.1) is 0 Å². The van der Waals surface area contributed by atoms with Crippen molar-refractivity contribution in [2.45, 2.75) is 25.4 Å². The van der Waals surface area contributed by atoms with Crippen LogP contribution in [0.2, 0.25) is 0 Å². The molecular weight excluding hydrogens is 270 g/mol. The molecule has 2 aromatic rings. The van der Waals surface area contributed by atoms with Gasteiger partial charge in [0.25, 0.3) is 5.89 Å². The van der Waals surface area contributed by atoms with Crippen LogP contribution in [0.25, 0.3) is 11.5 Å². The molecule has 1 aliphatic rings. The largest absolute Gasteiger partial charge is 0.399 e. The molecule has 0 aliphatic carbocycles. The molecule has 112 valence electrons. The fraction of sp³-hybridized carbons (Fsp3) is 0.467. The zero-order chi connectivity index (χ0) is 14.7. The average Bonchev–Trinajstić information content (AvgIpc) is 2.99. The highest BCUT2D eigenvalue weighted by molar-refractivity contribution is 5.59. The Morgan fingerprint density at radius 3 is 2.86 bits per heavy atom. The smallest absolute Gasteiger partial charge is 0.258 e. The Hall–Kier alpha value is -1.92. The van der Waals surface area contributed by atoms with Crippen LogP contribution in [0.15, 0.2) is 28.8 Å². The van der Waals surface area contributed by atoms with E-state index in [9.17, 15) is 0 Å². The first-order valence-corrected chi connectivity index (χ1v) is 7.15. The van der Waals surface area contributed by atoms with Gasteiger partial charge in [0.2, 0.25) is 5.82 Å². The van der Waals surface area contributed by atoms with Crippen LogP contribution in [0.4, 0.5) is 5.69 Å². The third kappa shape index (κ3) is 2.77. The summed E-state index contributed by atoms with van der Waals surface area (Å²) in [7, 11) is 0. The molecule has 1 saturated heterocycles. The van der Waals surface area contributed by atoms with Gasteiger partial charge < -0.3 is 19.7 Å². The molecule has 0 spiro atoms. The van der Waals surface area contributed by atoms with Crippen LogP contribution >= 0.6 is 0 Å². The van der Waals surface area contributed by atoms with Crippen LogP contribution in [0.1, 0.15) is 25.6 Å². The van der Waals surface area contributed by atoms with E-state index in [2.05, 4.69) is 10.1 Å². The first kappa shape index (κ1) is 14.0. The van der Waals surface area contributed by atoms with Gasteiger partial charge in [-0.2, -0.15) is 4.98 Å². The fourth-order valence-corrected chi connectivity index (χ4v) is 2.61. The molecule has 3 rings (SSSR count). The van der Waals surface area contributed by atoms with Gasteiger partial charge in [0.1, 0.15) is 5.60 Å². The molecule has 0 amide bonds. The molecule has 1 fully saturated rings. The molecule has 6 nitrogen and oxygen atoms in total. The molecule has 0 radical (unpaired) electrons. The third-order valence-electron chi connectivity index (χ3n) is 3.69. The summed E-state index contributed by atoms with van der Waals surface area (Å²) in [5.41, 5.74) is 6.76. The van der Waals surface area contributed by atoms with E-state index in [0.717, 1.165) is 18.4 Å². The van der Waals surface area contributed by atoms with Crippen molar-refractivity contribution in [2.75, 3.05) is 25.6 Å². The number of nitrogens with two attached hydrogens (primary N) is 1. The summed E-state index contributed by atoms with van der Waals surface area (Å²) >= 11 is 0. The van der Waals surface area contributed by atoms with E-state index in [1.165, 1.54) is 0 Å². The van der Waals surface area contributed by atoms with E-state index < -0.39 is 5.60 Å². The lowest BCUT2D eigenvalue weighted by Crippen LogP contribution is -2.37. The van der Waals surface area contributed by atoms with Gasteiger partial charge in [0, 0.05) is 43.9 Å². The molecule has 21 heavy (non-hydrogen) atoms. The highest BCUT2D eigenvalue weighted by Gasteiger charge is 2.39. The first-order valence-electron chi connectivity index (χ1n) is 7.15. The molecular formula is C15H19N3O3. The number of anilines is 1. The fourth-order valence-electron chi connectivity index (χ4n) is 2.61. The second-order valence-corrected chi connectivity index (χ2v) is 5.09. The van der Waals surface area contributed by atoms with E-state index in [1.807, 2.05) is 31.2 Å². The molecule has 0 bridgehead atoms. The average molecular weight is 289 g/mol. The summed E-state index contributed by atoms with van der Waals surface area (Å²) in [6, 6.07) is 7.39. The molecule has 2 N–H and O–H groups in total. The van der Waals surface area contributed by atoms with E-state index in [-0.39, 0.29) is 0 Å². The Kier molecular flexibility index (Phi) is 3.90. The second-order valence-electron chi connectivity index (χ2n) is 5.09. The number of rotatable bonds is 4.